The van der Waals surface area contributed by atoms with Crippen molar-refractivity contribution in [1.82, 2.24) is 15.1 Å². The van der Waals surface area contributed by atoms with E-state index in [0.717, 1.165) is 0 Å². The molecule has 0 saturated heterocycles. The summed E-state index contributed by atoms with van der Waals surface area (Å²) in [5, 5.41) is 7.15. The van der Waals surface area contributed by atoms with Crippen molar-refractivity contribution in [3.05, 3.63) is 42.5 Å². The molecule has 96 valence electrons. The van der Waals surface area contributed by atoms with Crippen molar-refractivity contribution < 1.29 is 9.13 Å². The van der Waals surface area contributed by atoms with E-state index in [0.29, 0.717) is 18.0 Å². The summed E-state index contributed by atoms with van der Waals surface area (Å²) >= 11 is 0. The van der Waals surface area contributed by atoms with E-state index in [-0.39, 0.29) is 11.9 Å². The zero-order valence-corrected chi connectivity index (χ0v) is 10.4. The predicted octanol–water partition coefficient (Wildman–Crippen LogP) is 2.00. The van der Waals surface area contributed by atoms with E-state index in [1.165, 1.54) is 10.7 Å². The minimum Gasteiger partial charge on any atom is -0.489 e. The molecule has 4 nitrogen and oxygen atoms in total. The highest BCUT2D eigenvalue weighted by atomic mass is 19.1. The molecule has 0 radical (unpaired) electrons. The second-order valence-corrected chi connectivity index (χ2v) is 4.07. The zero-order valence-electron chi connectivity index (χ0n) is 10.4. The molecule has 0 aliphatic rings. The summed E-state index contributed by atoms with van der Waals surface area (Å²) in [6.45, 7) is 2.56. The summed E-state index contributed by atoms with van der Waals surface area (Å²) in [7, 11) is 1.87. The molecule has 2 aromatic rings. The van der Waals surface area contributed by atoms with E-state index in [4.69, 9.17) is 4.74 Å². The summed E-state index contributed by atoms with van der Waals surface area (Å²) in [6, 6.07) is 6.74. The molecule has 1 N–H and O–H groups in total. The fraction of sp³-hybridized carbons (Fsp3) is 0.308. The summed E-state index contributed by atoms with van der Waals surface area (Å²) < 4.78 is 20.5. The van der Waals surface area contributed by atoms with Gasteiger partial charge in [0.15, 0.2) is 5.75 Å². The number of rotatable bonds is 5. The van der Waals surface area contributed by atoms with Crippen LogP contribution in [-0.4, -0.2) is 29.5 Å². The van der Waals surface area contributed by atoms with Crippen LogP contribution in [0.5, 0.6) is 5.75 Å². The molecule has 0 bridgehead atoms. The van der Waals surface area contributed by atoms with Gasteiger partial charge >= 0.3 is 0 Å². The molecule has 0 fully saturated rings. The Balaban J connectivity index is 2.09. The number of para-hydroxylation sites is 1. The van der Waals surface area contributed by atoms with Crippen LogP contribution in [0.3, 0.4) is 0 Å². The van der Waals surface area contributed by atoms with Gasteiger partial charge in [-0.2, -0.15) is 5.10 Å². The number of halogens is 1. The highest BCUT2D eigenvalue weighted by Crippen LogP contribution is 2.16. The summed E-state index contributed by atoms with van der Waals surface area (Å²) in [5.74, 6) is 0.316. The Morgan fingerprint density at radius 1 is 1.44 bits per heavy atom. The number of ether oxygens (including phenoxy) is 1. The zero-order chi connectivity index (χ0) is 13.0. The smallest absolute Gasteiger partial charge is 0.157 e. The molecule has 18 heavy (non-hydrogen) atoms. The number of nitrogens with zero attached hydrogens (tertiary/aromatic N) is 2. The highest BCUT2D eigenvalue weighted by molar-refractivity contribution is 5.33. The Bertz CT molecular complexity index is 512. The lowest BCUT2D eigenvalue weighted by molar-refractivity contribution is 0.280. The van der Waals surface area contributed by atoms with Crippen LogP contribution >= 0.6 is 0 Å². The third kappa shape index (κ3) is 2.87. The topological polar surface area (TPSA) is 39.1 Å². The second kappa shape index (κ2) is 5.64. The Labute approximate surface area is 105 Å². The molecular formula is C13H16FN3O. The Morgan fingerprint density at radius 2 is 2.22 bits per heavy atom. The SMILES string of the molecule is CNC(C)COc1cnn(-c2ccccc2F)c1. The quantitative estimate of drug-likeness (QED) is 0.881. The van der Waals surface area contributed by atoms with Crippen LogP contribution in [0.4, 0.5) is 4.39 Å². The molecule has 0 spiro atoms. The standard InChI is InChI=1S/C13H16FN3O/c1-10(15-2)9-18-11-7-16-17(8-11)13-6-4-3-5-12(13)14/h3-8,10,15H,9H2,1-2H3. The van der Waals surface area contributed by atoms with Crippen molar-refractivity contribution in [2.75, 3.05) is 13.7 Å². The number of aromatic nitrogens is 2. The molecule has 0 amide bonds. The van der Waals surface area contributed by atoms with Crippen LogP contribution < -0.4 is 10.1 Å². The summed E-state index contributed by atoms with van der Waals surface area (Å²) in [6.07, 6.45) is 3.25. The molecule has 1 atom stereocenters. The molecule has 0 aliphatic heterocycles. The lowest BCUT2D eigenvalue weighted by Crippen LogP contribution is -2.28. The minimum atomic E-state index is -0.309. The van der Waals surface area contributed by atoms with Gasteiger partial charge in [-0.25, -0.2) is 9.07 Å². The van der Waals surface area contributed by atoms with Gasteiger partial charge < -0.3 is 10.1 Å². The number of likely N-dealkylation sites (N-methyl/N-ethyl adjacent to an activating group) is 1. The van der Waals surface area contributed by atoms with Gasteiger partial charge in [0.05, 0.1) is 12.4 Å². The largest absolute Gasteiger partial charge is 0.489 e. The first-order valence-corrected chi connectivity index (χ1v) is 5.80. The third-order valence-corrected chi connectivity index (χ3v) is 2.65. The average Bonchev–Trinajstić information content (AvgIpc) is 2.85. The Hall–Kier alpha value is -1.88. The lowest BCUT2D eigenvalue weighted by atomic mass is 10.3. The average molecular weight is 249 g/mol. The molecule has 1 unspecified atom stereocenters. The van der Waals surface area contributed by atoms with Gasteiger partial charge in [-0.15, -0.1) is 0 Å². The van der Waals surface area contributed by atoms with E-state index in [1.807, 2.05) is 14.0 Å². The van der Waals surface area contributed by atoms with Gasteiger partial charge in [-0.05, 0) is 26.1 Å². The van der Waals surface area contributed by atoms with E-state index in [1.54, 1.807) is 30.6 Å². The molecule has 0 saturated carbocycles. The van der Waals surface area contributed by atoms with Gasteiger partial charge in [0.25, 0.3) is 0 Å². The van der Waals surface area contributed by atoms with Gasteiger partial charge in [-0.1, -0.05) is 12.1 Å². The third-order valence-electron chi connectivity index (χ3n) is 2.65. The van der Waals surface area contributed by atoms with Crippen LogP contribution in [0.1, 0.15) is 6.92 Å². The summed E-state index contributed by atoms with van der Waals surface area (Å²) in [5.41, 5.74) is 0.411. The first-order chi connectivity index (χ1) is 8.70. The number of benzene rings is 1. The molecule has 5 heteroatoms. The Morgan fingerprint density at radius 3 is 2.94 bits per heavy atom. The maximum Gasteiger partial charge on any atom is 0.157 e. The van der Waals surface area contributed by atoms with Crippen LogP contribution in [0, 0.1) is 5.82 Å². The molecule has 1 aromatic heterocycles. The van der Waals surface area contributed by atoms with Gasteiger partial charge in [0, 0.05) is 6.04 Å². The fourth-order valence-corrected chi connectivity index (χ4v) is 1.45. The minimum absolute atomic E-state index is 0.252. The van der Waals surface area contributed by atoms with E-state index < -0.39 is 0 Å². The highest BCUT2D eigenvalue weighted by Gasteiger charge is 2.07. The van der Waals surface area contributed by atoms with Crippen molar-refractivity contribution in [3.63, 3.8) is 0 Å². The lowest BCUT2D eigenvalue weighted by Gasteiger charge is -2.09. The normalized spacial score (nSPS) is 12.4. The maximum atomic E-state index is 13.5. The van der Waals surface area contributed by atoms with Gasteiger partial charge in [0.2, 0.25) is 0 Å². The van der Waals surface area contributed by atoms with E-state index in [2.05, 4.69) is 10.4 Å². The number of hydrogen-bond donors (Lipinski definition) is 1. The van der Waals surface area contributed by atoms with Crippen LogP contribution in [0.25, 0.3) is 5.69 Å². The maximum absolute atomic E-state index is 13.5. The van der Waals surface area contributed by atoms with E-state index in [9.17, 15) is 4.39 Å². The number of hydrogen-bond acceptors (Lipinski definition) is 3. The van der Waals surface area contributed by atoms with Crippen LogP contribution in [0.15, 0.2) is 36.7 Å². The molecule has 0 aliphatic carbocycles. The van der Waals surface area contributed by atoms with Crippen LogP contribution in [0.2, 0.25) is 0 Å². The first-order valence-electron chi connectivity index (χ1n) is 5.80. The molecule has 1 heterocycles. The van der Waals surface area contributed by atoms with Crippen LogP contribution in [-0.2, 0) is 0 Å². The predicted molar refractivity (Wildman–Crippen MR) is 67.5 cm³/mol. The van der Waals surface area contributed by atoms with Crippen molar-refractivity contribution in [3.8, 4) is 11.4 Å². The van der Waals surface area contributed by atoms with Crippen molar-refractivity contribution in [2.24, 2.45) is 0 Å². The second-order valence-electron chi connectivity index (χ2n) is 4.07. The van der Waals surface area contributed by atoms with Crippen molar-refractivity contribution in [1.29, 1.82) is 0 Å². The van der Waals surface area contributed by atoms with Crippen molar-refractivity contribution >= 4 is 0 Å². The molecular weight excluding hydrogens is 233 g/mol. The number of nitrogens with one attached hydrogen (secondary N) is 1. The fourth-order valence-electron chi connectivity index (χ4n) is 1.45. The molecule has 1 aromatic carbocycles. The van der Waals surface area contributed by atoms with Gasteiger partial charge in [-0.3, -0.25) is 0 Å². The molecule has 2 rings (SSSR count). The summed E-state index contributed by atoms with van der Waals surface area (Å²) in [4.78, 5) is 0. The Kier molecular flexibility index (Phi) is 3.94. The first kappa shape index (κ1) is 12.6. The van der Waals surface area contributed by atoms with Crippen molar-refractivity contribution in [2.45, 2.75) is 13.0 Å². The van der Waals surface area contributed by atoms with E-state index >= 15 is 0 Å². The van der Waals surface area contributed by atoms with Gasteiger partial charge in [0.1, 0.15) is 18.1 Å². The monoisotopic (exact) mass is 249 g/mol.